The van der Waals surface area contributed by atoms with Gasteiger partial charge in [-0.25, -0.2) is 0 Å². The molecule has 0 bridgehead atoms. The van der Waals surface area contributed by atoms with Crippen molar-refractivity contribution in [1.82, 2.24) is 4.90 Å². The van der Waals surface area contributed by atoms with Crippen molar-refractivity contribution in [3.63, 3.8) is 0 Å². The largest absolute Gasteiger partial charge is 0.493 e. The van der Waals surface area contributed by atoms with Crippen molar-refractivity contribution in [2.75, 3.05) is 27.8 Å². The van der Waals surface area contributed by atoms with Gasteiger partial charge in [0.25, 0.3) is 0 Å². The maximum Gasteiger partial charge on any atom is 0.161 e. The van der Waals surface area contributed by atoms with Crippen LogP contribution < -0.4 is 9.47 Å². The molecule has 1 aliphatic rings. The molecule has 0 fully saturated rings. The van der Waals surface area contributed by atoms with Crippen molar-refractivity contribution in [3.8, 4) is 11.5 Å². The lowest BCUT2D eigenvalue weighted by molar-refractivity contribution is 0.262. The second-order valence-electron chi connectivity index (χ2n) is 5.95. The highest BCUT2D eigenvalue weighted by Gasteiger charge is 2.28. The van der Waals surface area contributed by atoms with E-state index in [1.54, 1.807) is 14.2 Å². The Morgan fingerprint density at radius 1 is 1.05 bits per heavy atom. The van der Waals surface area contributed by atoms with E-state index >= 15 is 0 Å². The fraction of sp³-hybridized carbons (Fsp3) is 0.368. The number of likely N-dealkylation sites (N-methyl/N-ethyl adjacent to an activating group) is 1. The summed E-state index contributed by atoms with van der Waals surface area (Å²) in [6.07, 6.45) is 1.04. The van der Waals surface area contributed by atoms with Gasteiger partial charge < -0.3 is 9.47 Å². The lowest BCUT2D eigenvalue weighted by Gasteiger charge is -2.35. The molecule has 0 saturated heterocycles. The maximum atomic E-state index is 5.50. The molecular formula is C19H23NO2. The molecular weight excluding hydrogens is 274 g/mol. The summed E-state index contributed by atoms with van der Waals surface area (Å²) in [7, 11) is 5.57. The van der Waals surface area contributed by atoms with Crippen LogP contribution in [0.4, 0.5) is 0 Å². The van der Waals surface area contributed by atoms with E-state index in [0.29, 0.717) is 0 Å². The van der Waals surface area contributed by atoms with Crippen molar-refractivity contribution in [2.24, 2.45) is 0 Å². The minimum Gasteiger partial charge on any atom is -0.493 e. The molecule has 0 spiro atoms. The predicted molar refractivity (Wildman–Crippen MR) is 88.9 cm³/mol. The van der Waals surface area contributed by atoms with E-state index in [1.807, 2.05) is 0 Å². The Bertz CT molecular complexity index is 681. The summed E-state index contributed by atoms with van der Waals surface area (Å²) >= 11 is 0. The highest BCUT2D eigenvalue weighted by molar-refractivity contribution is 5.51. The summed E-state index contributed by atoms with van der Waals surface area (Å²) in [5, 5.41) is 0. The van der Waals surface area contributed by atoms with Crippen LogP contribution in [0.2, 0.25) is 0 Å². The summed E-state index contributed by atoms with van der Waals surface area (Å²) in [5.74, 6) is 1.61. The average Bonchev–Trinajstić information content (AvgIpc) is 2.53. The lowest BCUT2D eigenvalue weighted by Crippen LogP contribution is -2.33. The normalized spacial score (nSPS) is 17.9. The number of benzene rings is 2. The summed E-state index contributed by atoms with van der Waals surface area (Å²) in [5.41, 5.74) is 5.29. The van der Waals surface area contributed by atoms with E-state index in [-0.39, 0.29) is 6.04 Å². The molecule has 0 aromatic heterocycles. The zero-order chi connectivity index (χ0) is 15.7. The Balaban J connectivity index is 2.13. The van der Waals surface area contributed by atoms with E-state index in [1.165, 1.54) is 22.3 Å². The number of fused-ring (bicyclic) bond motifs is 1. The molecule has 3 nitrogen and oxygen atoms in total. The monoisotopic (exact) mass is 297 g/mol. The third-order valence-corrected chi connectivity index (χ3v) is 4.47. The fourth-order valence-electron chi connectivity index (χ4n) is 3.35. The first-order valence-corrected chi connectivity index (χ1v) is 7.65. The summed E-state index contributed by atoms with van der Waals surface area (Å²) in [6.45, 7) is 3.18. The van der Waals surface area contributed by atoms with Gasteiger partial charge in [-0.3, -0.25) is 4.90 Å². The Hall–Kier alpha value is -2.00. The second-order valence-corrected chi connectivity index (χ2v) is 5.95. The molecule has 3 heteroatoms. The molecule has 0 saturated carbocycles. The van der Waals surface area contributed by atoms with Crippen LogP contribution in [0, 0.1) is 6.92 Å². The van der Waals surface area contributed by atoms with Gasteiger partial charge in [0.05, 0.1) is 20.3 Å². The number of hydrogen-bond donors (Lipinski definition) is 0. The van der Waals surface area contributed by atoms with Crippen LogP contribution in [0.3, 0.4) is 0 Å². The quantitative estimate of drug-likeness (QED) is 0.864. The van der Waals surface area contributed by atoms with Gasteiger partial charge in [-0.05, 0) is 49.2 Å². The number of hydrogen-bond acceptors (Lipinski definition) is 3. The molecule has 1 aliphatic heterocycles. The van der Waals surface area contributed by atoms with E-state index < -0.39 is 0 Å². The van der Waals surface area contributed by atoms with Crippen LogP contribution >= 0.6 is 0 Å². The Labute approximate surface area is 132 Å². The SMILES string of the molecule is COc1cc2c(cc1OC)C(c1cccc(C)c1)N(C)CC2. The molecule has 2 aromatic carbocycles. The molecule has 0 aliphatic carbocycles. The second kappa shape index (κ2) is 6.01. The van der Waals surface area contributed by atoms with Gasteiger partial charge >= 0.3 is 0 Å². The van der Waals surface area contributed by atoms with Gasteiger partial charge in [0.15, 0.2) is 11.5 Å². The number of methoxy groups -OCH3 is 2. The average molecular weight is 297 g/mol. The van der Waals surface area contributed by atoms with E-state index in [2.05, 4.69) is 55.3 Å². The molecule has 22 heavy (non-hydrogen) atoms. The predicted octanol–water partition coefficient (Wildman–Crippen LogP) is 3.59. The summed E-state index contributed by atoms with van der Waals surface area (Å²) in [4.78, 5) is 2.41. The maximum absolute atomic E-state index is 5.50. The molecule has 1 unspecified atom stereocenters. The van der Waals surface area contributed by atoms with Crippen LogP contribution in [0.25, 0.3) is 0 Å². The number of ether oxygens (including phenoxy) is 2. The van der Waals surface area contributed by atoms with Crippen molar-refractivity contribution in [1.29, 1.82) is 0 Å². The Morgan fingerprint density at radius 2 is 1.77 bits per heavy atom. The van der Waals surface area contributed by atoms with Gasteiger partial charge in [0.2, 0.25) is 0 Å². The van der Waals surface area contributed by atoms with Crippen LogP contribution in [0.15, 0.2) is 36.4 Å². The van der Waals surface area contributed by atoms with Crippen molar-refractivity contribution >= 4 is 0 Å². The van der Waals surface area contributed by atoms with Gasteiger partial charge in [-0.1, -0.05) is 29.8 Å². The van der Waals surface area contributed by atoms with Gasteiger partial charge in [0, 0.05) is 6.54 Å². The van der Waals surface area contributed by atoms with Crippen molar-refractivity contribution in [2.45, 2.75) is 19.4 Å². The minimum absolute atomic E-state index is 0.267. The number of rotatable bonds is 3. The highest BCUT2D eigenvalue weighted by Crippen LogP contribution is 2.40. The smallest absolute Gasteiger partial charge is 0.161 e. The Kier molecular flexibility index (Phi) is 4.08. The number of nitrogens with zero attached hydrogens (tertiary/aromatic N) is 1. The van der Waals surface area contributed by atoms with Gasteiger partial charge in [0.1, 0.15) is 0 Å². The molecule has 1 heterocycles. The zero-order valence-electron chi connectivity index (χ0n) is 13.7. The van der Waals surface area contributed by atoms with Crippen LogP contribution in [-0.2, 0) is 6.42 Å². The van der Waals surface area contributed by atoms with Crippen LogP contribution in [0.1, 0.15) is 28.3 Å². The van der Waals surface area contributed by atoms with Crippen molar-refractivity contribution < 1.29 is 9.47 Å². The molecule has 1 atom stereocenters. The van der Waals surface area contributed by atoms with Gasteiger partial charge in [-0.15, -0.1) is 0 Å². The van der Waals surface area contributed by atoms with E-state index in [0.717, 1.165) is 24.5 Å². The van der Waals surface area contributed by atoms with Crippen LogP contribution in [-0.4, -0.2) is 32.7 Å². The van der Waals surface area contributed by atoms with E-state index in [4.69, 9.17) is 9.47 Å². The molecule has 0 amide bonds. The number of aryl methyl sites for hydroxylation is 1. The van der Waals surface area contributed by atoms with E-state index in [9.17, 15) is 0 Å². The first-order chi connectivity index (χ1) is 10.6. The lowest BCUT2D eigenvalue weighted by atomic mass is 9.87. The third-order valence-electron chi connectivity index (χ3n) is 4.47. The third kappa shape index (κ3) is 2.57. The first kappa shape index (κ1) is 14.9. The topological polar surface area (TPSA) is 21.7 Å². The molecule has 3 rings (SSSR count). The highest BCUT2D eigenvalue weighted by atomic mass is 16.5. The molecule has 0 N–H and O–H groups in total. The van der Waals surface area contributed by atoms with Gasteiger partial charge in [-0.2, -0.15) is 0 Å². The zero-order valence-corrected chi connectivity index (χ0v) is 13.7. The summed E-state index contributed by atoms with van der Waals surface area (Å²) < 4.78 is 11.0. The molecule has 0 radical (unpaired) electrons. The molecule has 116 valence electrons. The van der Waals surface area contributed by atoms with Crippen LogP contribution in [0.5, 0.6) is 11.5 Å². The Morgan fingerprint density at radius 3 is 2.45 bits per heavy atom. The standard InChI is InChI=1S/C19H23NO2/c1-13-6-5-7-15(10-13)19-16-12-18(22-4)17(21-3)11-14(16)8-9-20(19)2/h5-7,10-12,19H,8-9H2,1-4H3. The summed E-state index contributed by atoms with van der Waals surface area (Å²) in [6, 6.07) is 13.3. The minimum atomic E-state index is 0.267. The first-order valence-electron chi connectivity index (χ1n) is 7.65. The van der Waals surface area contributed by atoms with Crippen molar-refractivity contribution in [3.05, 3.63) is 58.7 Å². The fourth-order valence-corrected chi connectivity index (χ4v) is 3.35. The molecule has 2 aromatic rings.